The lowest BCUT2D eigenvalue weighted by Crippen LogP contribution is -2.49. The highest BCUT2D eigenvalue weighted by Crippen LogP contribution is 2.31. The third-order valence-electron chi connectivity index (χ3n) is 4.04. The van der Waals surface area contributed by atoms with Gasteiger partial charge in [-0.2, -0.15) is 0 Å². The fourth-order valence-electron chi connectivity index (χ4n) is 3.13. The number of nitrogens with zero attached hydrogens (tertiary/aromatic N) is 1. The Kier molecular flexibility index (Phi) is 3.04. The van der Waals surface area contributed by atoms with Gasteiger partial charge in [0.1, 0.15) is 5.75 Å². The number of methoxy groups -OCH3 is 1. The third-order valence-corrected chi connectivity index (χ3v) is 4.04. The standard InChI is InChI=1S/C14H20N2O/c1-17-13-6-4-11(5-7-13)14-10-15-9-12-3-2-8-16(12)14/h4-7,12,14-15H,2-3,8-10H2,1H3/t12-,14?/m0/s1. The molecule has 3 heteroatoms. The lowest BCUT2D eigenvalue weighted by molar-refractivity contribution is 0.138. The minimum absolute atomic E-state index is 0.544. The molecule has 2 aliphatic heterocycles. The minimum Gasteiger partial charge on any atom is -0.497 e. The van der Waals surface area contributed by atoms with Crippen LogP contribution in [0.2, 0.25) is 0 Å². The minimum atomic E-state index is 0.544. The summed E-state index contributed by atoms with van der Waals surface area (Å²) in [6.07, 6.45) is 2.69. The van der Waals surface area contributed by atoms with Gasteiger partial charge in [0.05, 0.1) is 7.11 Å². The van der Waals surface area contributed by atoms with Crippen LogP contribution >= 0.6 is 0 Å². The van der Waals surface area contributed by atoms with Gasteiger partial charge in [-0.1, -0.05) is 12.1 Å². The molecule has 2 fully saturated rings. The van der Waals surface area contributed by atoms with E-state index in [-0.39, 0.29) is 0 Å². The highest BCUT2D eigenvalue weighted by atomic mass is 16.5. The van der Waals surface area contributed by atoms with E-state index in [0.29, 0.717) is 6.04 Å². The number of ether oxygens (including phenoxy) is 1. The van der Waals surface area contributed by atoms with Gasteiger partial charge in [-0.3, -0.25) is 4.90 Å². The second-order valence-electron chi connectivity index (χ2n) is 4.98. The van der Waals surface area contributed by atoms with Crippen LogP contribution in [0.5, 0.6) is 5.75 Å². The van der Waals surface area contributed by atoms with Gasteiger partial charge < -0.3 is 10.1 Å². The van der Waals surface area contributed by atoms with Crippen molar-refractivity contribution in [3.05, 3.63) is 29.8 Å². The molecule has 0 radical (unpaired) electrons. The van der Waals surface area contributed by atoms with E-state index in [1.54, 1.807) is 7.11 Å². The van der Waals surface area contributed by atoms with E-state index in [0.717, 1.165) is 24.9 Å². The molecular formula is C14H20N2O. The molecule has 1 N–H and O–H groups in total. The second-order valence-corrected chi connectivity index (χ2v) is 4.98. The molecule has 0 saturated carbocycles. The van der Waals surface area contributed by atoms with Crippen molar-refractivity contribution < 1.29 is 4.74 Å². The molecular weight excluding hydrogens is 212 g/mol. The van der Waals surface area contributed by atoms with Crippen molar-refractivity contribution in [2.45, 2.75) is 24.9 Å². The molecule has 0 aromatic heterocycles. The number of fused-ring (bicyclic) bond motifs is 1. The van der Waals surface area contributed by atoms with Gasteiger partial charge in [-0.15, -0.1) is 0 Å². The maximum atomic E-state index is 5.21. The van der Waals surface area contributed by atoms with Gasteiger partial charge >= 0.3 is 0 Å². The number of hydrogen-bond donors (Lipinski definition) is 1. The Bertz CT molecular complexity index is 376. The first-order valence-corrected chi connectivity index (χ1v) is 6.49. The molecule has 1 aromatic rings. The van der Waals surface area contributed by atoms with E-state index in [1.807, 2.05) is 0 Å². The number of hydrogen-bond acceptors (Lipinski definition) is 3. The quantitative estimate of drug-likeness (QED) is 0.841. The molecule has 1 unspecified atom stereocenters. The van der Waals surface area contributed by atoms with Gasteiger partial charge in [0.15, 0.2) is 0 Å². The predicted molar refractivity (Wildman–Crippen MR) is 68.3 cm³/mol. The summed E-state index contributed by atoms with van der Waals surface area (Å²) in [5, 5.41) is 3.56. The first kappa shape index (κ1) is 11.1. The van der Waals surface area contributed by atoms with Crippen molar-refractivity contribution in [2.24, 2.45) is 0 Å². The maximum Gasteiger partial charge on any atom is 0.118 e. The van der Waals surface area contributed by atoms with Crippen molar-refractivity contribution in [3.63, 3.8) is 0 Å². The van der Waals surface area contributed by atoms with Gasteiger partial charge in [0.25, 0.3) is 0 Å². The smallest absolute Gasteiger partial charge is 0.118 e. The van der Waals surface area contributed by atoms with Crippen LogP contribution in [0.4, 0.5) is 0 Å². The van der Waals surface area contributed by atoms with Crippen molar-refractivity contribution in [1.29, 1.82) is 0 Å². The molecule has 92 valence electrons. The molecule has 0 spiro atoms. The SMILES string of the molecule is COc1ccc(C2CNC[C@@H]3CCCN23)cc1. The Balaban J connectivity index is 1.81. The van der Waals surface area contributed by atoms with Gasteiger partial charge in [0, 0.05) is 25.2 Å². The van der Waals surface area contributed by atoms with Crippen LogP contribution in [0, 0.1) is 0 Å². The molecule has 2 saturated heterocycles. The average Bonchev–Trinajstić information content (AvgIpc) is 2.87. The summed E-state index contributed by atoms with van der Waals surface area (Å²) in [6, 6.07) is 9.82. The monoisotopic (exact) mass is 232 g/mol. The molecule has 2 heterocycles. The molecule has 0 bridgehead atoms. The lowest BCUT2D eigenvalue weighted by atomic mass is 10.0. The topological polar surface area (TPSA) is 24.5 Å². The van der Waals surface area contributed by atoms with Crippen LogP contribution in [0.1, 0.15) is 24.4 Å². The molecule has 3 rings (SSSR count). The fourth-order valence-corrected chi connectivity index (χ4v) is 3.13. The zero-order valence-electron chi connectivity index (χ0n) is 10.4. The lowest BCUT2D eigenvalue weighted by Gasteiger charge is -2.38. The second kappa shape index (κ2) is 4.67. The van der Waals surface area contributed by atoms with E-state index in [2.05, 4.69) is 34.5 Å². The van der Waals surface area contributed by atoms with Crippen LogP contribution in [-0.4, -0.2) is 37.7 Å². The maximum absolute atomic E-state index is 5.21. The largest absolute Gasteiger partial charge is 0.497 e. The van der Waals surface area contributed by atoms with Crippen molar-refractivity contribution in [1.82, 2.24) is 10.2 Å². The van der Waals surface area contributed by atoms with E-state index < -0.39 is 0 Å². The molecule has 2 atom stereocenters. The molecule has 1 aromatic carbocycles. The highest BCUT2D eigenvalue weighted by molar-refractivity contribution is 5.30. The molecule has 0 aliphatic carbocycles. The average molecular weight is 232 g/mol. The van der Waals surface area contributed by atoms with E-state index in [9.17, 15) is 0 Å². The Hall–Kier alpha value is -1.06. The van der Waals surface area contributed by atoms with Crippen LogP contribution in [-0.2, 0) is 0 Å². The molecule has 0 amide bonds. The predicted octanol–water partition coefficient (Wildman–Crippen LogP) is 1.80. The summed E-state index contributed by atoms with van der Waals surface area (Å²) in [4.78, 5) is 2.66. The first-order valence-electron chi connectivity index (χ1n) is 6.49. The van der Waals surface area contributed by atoms with Crippen molar-refractivity contribution >= 4 is 0 Å². The summed E-state index contributed by atoms with van der Waals surface area (Å²) in [6.45, 7) is 3.48. The Morgan fingerprint density at radius 1 is 1.24 bits per heavy atom. The van der Waals surface area contributed by atoms with Crippen LogP contribution in [0.25, 0.3) is 0 Å². The summed E-state index contributed by atoms with van der Waals surface area (Å²) >= 11 is 0. The zero-order valence-corrected chi connectivity index (χ0v) is 10.4. The molecule has 17 heavy (non-hydrogen) atoms. The zero-order chi connectivity index (χ0) is 11.7. The van der Waals surface area contributed by atoms with Crippen LogP contribution in [0.15, 0.2) is 24.3 Å². The first-order chi connectivity index (χ1) is 8.38. The fraction of sp³-hybridized carbons (Fsp3) is 0.571. The highest BCUT2D eigenvalue weighted by Gasteiger charge is 2.34. The van der Waals surface area contributed by atoms with Crippen LogP contribution < -0.4 is 10.1 Å². The molecule has 2 aliphatic rings. The summed E-state index contributed by atoms with van der Waals surface area (Å²) in [5.41, 5.74) is 1.41. The molecule has 3 nitrogen and oxygen atoms in total. The van der Waals surface area contributed by atoms with Crippen molar-refractivity contribution in [2.75, 3.05) is 26.7 Å². The van der Waals surface area contributed by atoms with Gasteiger partial charge in [0.2, 0.25) is 0 Å². The number of rotatable bonds is 2. The summed E-state index contributed by atoms with van der Waals surface area (Å²) in [5.74, 6) is 0.940. The number of piperazine rings is 1. The van der Waals surface area contributed by atoms with E-state index in [1.165, 1.54) is 24.9 Å². The number of benzene rings is 1. The summed E-state index contributed by atoms with van der Waals surface area (Å²) in [7, 11) is 1.72. The van der Waals surface area contributed by atoms with Gasteiger partial charge in [-0.25, -0.2) is 0 Å². The normalized spacial score (nSPS) is 29.0. The summed E-state index contributed by atoms with van der Waals surface area (Å²) < 4.78 is 5.21. The van der Waals surface area contributed by atoms with Crippen molar-refractivity contribution in [3.8, 4) is 5.75 Å². The number of nitrogens with one attached hydrogen (secondary N) is 1. The Morgan fingerprint density at radius 3 is 2.82 bits per heavy atom. The van der Waals surface area contributed by atoms with E-state index in [4.69, 9.17) is 4.74 Å². The van der Waals surface area contributed by atoms with Crippen LogP contribution in [0.3, 0.4) is 0 Å². The Morgan fingerprint density at radius 2 is 2.06 bits per heavy atom. The third kappa shape index (κ3) is 2.05. The Labute approximate surface area is 103 Å². The van der Waals surface area contributed by atoms with E-state index >= 15 is 0 Å². The van der Waals surface area contributed by atoms with Gasteiger partial charge in [-0.05, 0) is 37.1 Å².